The van der Waals surface area contributed by atoms with Crippen molar-refractivity contribution in [2.24, 2.45) is 0 Å². The highest BCUT2D eigenvalue weighted by Gasteiger charge is 2.18. The molecule has 0 saturated carbocycles. The molecule has 1 aromatic carbocycles. The van der Waals surface area contributed by atoms with Gasteiger partial charge in [0.15, 0.2) is 5.69 Å². The van der Waals surface area contributed by atoms with Crippen molar-refractivity contribution in [1.82, 2.24) is 15.3 Å². The number of carbonyl (C=O) groups is 2. The maximum Gasteiger partial charge on any atom is 0.337 e. The second kappa shape index (κ2) is 9.50. The highest BCUT2D eigenvalue weighted by Crippen LogP contribution is 2.19. The first-order valence-corrected chi connectivity index (χ1v) is 9.69. The molecule has 1 aliphatic rings. The molecule has 8 heteroatoms. The summed E-state index contributed by atoms with van der Waals surface area (Å²) in [4.78, 5) is 34.7. The Balaban J connectivity index is 1.58. The number of aromatic nitrogens is 2. The van der Waals surface area contributed by atoms with E-state index in [9.17, 15) is 9.59 Å². The van der Waals surface area contributed by atoms with Gasteiger partial charge in [-0.15, -0.1) is 0 Å². The number of nitrogens with one attached hydrogen (secondary N) is 1. The van der Waals surface area contributed by atoms with E-state index < -0.39 is 0 Å². The Hall–Kier alpha value is -2.67. The summed E-state index contributed by atoms with van der Waals surface area (Å²) in [6.07, 6.45) is 5.51. The molecule has 1 amide bonds. The third-order valence-corrected chi connectivity index (χ3v) is 4.94. The molecule has 0 aliphatic carbocycles. The molecule has 0 radical (unpaired) electrons. The van der Waals surface area contributed by atoms with E-state index >= 15 is 0 Å². The average Bonchev–Trinajstić information content (AvgIpc) is 2.74. The number of ether oxygens (including phenoxy) is 1. The summed E-state index contributed by atoms with van der Waals surface area (Å²) < 4.78 is 4.68. The average molecular weight is 403 g/mol. The van der Waals surface area contributed by atoms with E-state index in [0.29, 0.717) is 24.5 Å². The van der Waals surface area contributed by atoms with Gasteiger partial charge in [0.1, 0.15) is 0 Å². The third-order valence-electron chi connectivity index (χ3n) is 4.66. The van der Waals surface area contributed by atoms with Crippen molar-refractivity contribution in [1.29, 1.82) is 0 Å². The van der Waals surface area contributed by atoms with Crippen molar-refractivity contribution in [3.05, 3.63) is 52.3 Å². The van der Waals surface area contributed by atoms with E-state index in [4.69, 9.17) is 11.6 Å². The zero-order valence-corrected chi connectivity index (χ0v) is 16.5. The standard InChI is InChI=1S/C20H23ClN4O3/c1-28-19(27)15-7-5-14(6-8-15)9-10-22-18(26)17-16(21)13-23-20(24-17)25-11-3-2-4-12-25/h5-8,13H,2-4,9-12H2,1H3,(H,22,26). The Morgan fingerprint density at radius 2 is 1.89 bits per heavy atom. The topological polar surface area (TPSA) is 84.4 Å². The number of hydrogen-bond donors (Lipinski definition) is 1. The molecule has 7 nitrogen and oxygen atoms in total. The molecular weight excluding hydrogens is 380 g/mol. The van der Waals surface area contributed by atoms with Crippen LogP contribution in [0.4, 0.5) is 5.95 Å². The Kier molecular flexibility index (Phi) is 6.81. The van der Waals surface area contributed by atoms with Crippen molar-refractivity contribution in [3.8, 4) is 0 Å². The van der Waals surface area contributed by atoms with Gasteiger partial charge in [-0.25, -0.2) is 14.8 Å². The molecular formula is C20H23ClN4O3. The summed E-state index contributed by atoms with van der Waals surface area (Å²) in [5, 5.41) is 3.08. The fraction of sp³-hybridized carbons (Fsp3) is 0.400. The number of piperidine rings is 1. The monoisotopic (exact) mass is 402 g/mol. The molecule has 1 N–H and O–H groups in total. The lowest BCUT2D eigenvalue weighted by molar-refractivity contribution is 0.0600. The molecule has 148 valence electrons. The van der Waals surface area contributed by atoms with Gasteiger partial charge in [-0.05, 0) is 43.4 Å². The number of methoxy groups -OCH3 is 1. The van der Waals surface area contributed by atoms with Crippen LogP contribution in [0.15, 0.2) is 30.5 Å². The number of benzene rings is 1. The molecule has 1 aromatic heterocycles. The van der Waals surface area contributed by atoms with Crippen LogP contribution in [-0.2, 0) is 11.2 Å². The van der Waals surface area contributed by atoms with Crippen molar-refractivity contribution in [3.63, 3.8) is 0 Å². The van der Waals surface area contributed by atoms with Crippen molar-refractivity contribution in [2.45, 2.75) is 25.7 Å². The maximum absolute atomic E-state index is 12.5. The van der Waals surface area contributed by atoms with E-state index in [1.165, 1.54) is 19.7 Å². The van der Waals surface area contributed by atoms with Gasteiger partial charge in [-0.2, -0.15) is 0 Å². The van der Waals surface area contributed by atoms with Gasteiger partial charge in [0.2, 0.25) is 5.95 Å². The first-order chi connectivity index (χ1) is 13.6. The molecule has 0 atom stereocenters. The second-order valence-electron chi connectivity index (χ2n) is 6.61. The number of nitrogens with zero attached hydrogens (tertiary/aromatic N) is 3. The molecule has 1 aliphatic heterocycles. The molecule has 1 saturated heterocycles. The minimum Gasteiger partial charge on any atom is -0.465 e. The first-order valence-electron chi connectivity index (χ1n) is 9.31. The fourth-order valence-electron chi connectivity index (χ4n) is 3.09. The normalized spacial score (nSPS) is 13.9. The molecule has 2 heterocycles. The van der Waals surface area contributed by atoms with Crippen LogP contribution < -0.4 is 10.2 Å². The second-order valence-corrected chi connectivity index (χ2v) is 7.02. The summed E-state index contributed by atoms with van der Waals surface area (Å²) in [6.45, 7) is 2.21. The number of halogens is 1. The van der Waals surface area contributed by atoms with Gasteiger partial charge in [0.25, 0.3) is 5.91 Å². The molecule has 1 fully saturated rings. The van der Waals surface area contributed by atoms with Gasteiger partial charge in [0, 0.05) is 19.6 Å². The number of rotatable bonds is 6. The van der Waals surface area contributed by atoms with Crippen LogP contribution in [-0.4, -0.2) is 48.6 Å². The van der Waals surface area contributed by atoms with Crippen molar-refractivity contribution < 1.29 is 14.3 Å². The Morgan fingerprint density at radius 1 is 1.18 bits per heavy atom. The minimum absolute atomic E-state index is 0.193. The van der Waals surface area contributed by atoms with E-state index in [1.807, 2.05) is 12.1 Å². The maximum atomic E-state index is 12.5. The fourth-order valence-corrected chi connectivity index (χ4v) is 3.27. The Morgan fingerprint density at radius 3 is 2.57 bits per heavy atom. The van der Waals surface area contributed by atoms with Crippen molar-refractivity contribution >= 4 is 29.4 Å². The van der Waals surface area contributed by atoms with Crippen LogP contribution >= 0.6 is 11.6 Å². The number of hydrogen-bond acceptors (Lipinski definition) is 6. The summed E-state index contributed by atoms with van der Waals surface area (Å²) in [5.74, 6) is -0.146. The number of carbonyl (C=O) groups excluding carboxylic acids is 2. The van der Waals surface area contributed by atoms with Crippen LogP contribution in [0.2, 0.25) is 5.02 Å². The molecule has 0 bridgehead atoms. The zero-order chi connectivity index (χ0) is 19.9. The van der Waals surface area contributed by atoms with Crippen LogP contribution in [0.3, 0.4) is 0 Å². The summed E-state index contributed by atoms with van der Waals surface area (Å²) in [7, 11) is 1.35. The van der Waals surface area contributed by atoms with Gasteiger partial charge >= 0.3 is 5.97 Å². The Labute approximate surface area is 169 Å². The number of esters is 1. The summed E-state index contributed by atoms with van der Waals surface area (Å²) in [6, 6.07) is 7.08. The largest absolute Gasteiger partial charge is 0.465 e. The van der Waals surface area contributed by atoms with E-state index in [-0.39, 0.29) is 22.6 Å². The predicted molar refractivity (Wildman–Crippen MR) is 107 cm³/mol. The molecule has 3 rings (SSSR count). The quantitative estimate of drug-likeness (QED) is 0.748. The first kappa shape index (κ1) is 20.1. The molecule has 28 heavy (non-hydrogen) atoms. The van der Waals surface area contributed by atoms with E-state index in [1.54, 1.807) is 12.1 Å². The van der Waals surface area contributed by atoms with E-state index in [2.05, 4.69) is 24.9 Å². The summed E-state index contributed by atoms with van der Waals surface area (Å²) in [5.41, 5.74) is 1.68. The van der Waals surface area contributed by atoms with Crippen LogP contribution in [0.5, 0.6) is 0 Å². The lowest BCUT2D eigenvalue weighted by Gasteiger charge is -2.26. The lowest BCUT2D eigenvalue weighted by atomic mass is 10.1. The van der Waals surface area contributed by atoms with Gasteiger partial charge in [-0.1, -0.05) is 23.7 Å². The van der Waals surface area contributed by atoms with Gasteiger partial charge in [0.05, 0.1) is 23.9 Å². The van der Waals surface area contributed by atoms with Crippen LogP contribution in [0.1, 0.15) is 45.7 Å². The van der Waals surface area contributed by atoms with Gasteiger partial charge < -0.3 is 15.0 Å². The predicted octanol–water partition coefficient (Wildman–Crippen LogP) is 2.88. The van der Waals surface area contributed by atoms with Crippen LogP contribution in [0, 0.1) is 0 Å². The molecule has 0 spiro atoms. The summed E-state index contributed by atoms with van der Waals surface area (Å²) >= 11 is 6.14. The SMILES string of the molecule is COC(=O)c1ccc(CCNC(=O)c2nc(N3CCCCC3)ncc2Cl)cc1. The lowest BCUT2D eigenvalue weighted by Crippen LogP contribution is -2.32. The highest BCUT2D eigenvalue weighted by atomic mass is 35.5. The van der Waals surface area contributed by atoms with E-state index in [0.717, 1.165) is 31.5 Å². The Bertz CT molecular complexity index is 836. The zero-order valence-electron chi connectivity index (χ0n) is 15.8. The number of anilines is 1. The third kappa shape index (κ3) is 4.98. The molecule has 2 aromatic rings. The smallest absolute Gasteiger partial charge is 0.337 e. The minimum atomic E-state index is -0.372. The number of amides is 1. The van der Waals surface area contributed by atoms with Gasteiger partial charge in [-0.3, -0.25) is 4.79 Å². The van der Waals surface area contributed by atoms with Crippen molar-refractivity contribution in [2.75, 3.05) is 31.6 Å². The van der Waals surface area contributed by atoms with Crippen LogP contribution in [0.25, 0.3) is 0 Å². The highest BCUT2D eigenvalue weighted by molar-refractivity contribution is 6.33. The molecule has 0 unspecified atom stereocenters.